The van der Waals surface area contributed by atoms with E-state index in [4.69, 9.17) is 14.2 Å². The molecule has 0 saturated heterocycles. The monoisotopic (exact) mass is 1010 g/mol. The Hall–Kier alpha value is -4.71. The molecule has 0 aromatic heterocycles. The van der Waals surface area contributed by atoms with Crippen molar-refractivity contribution in [1.82, 2.24) is 0 Å². The van der Waals surface area contributed by atoms with Crippen LogP contribution in [0.1, 0.15) is 239 Å². The first-order chi connectivity index (χ1) is 36.0. The molecule has 6 nitrogen and oxygen atoms in total. The molecule has 0 saturated carbocycles. The van der Waals surface area contributed by atoms with E-state index >= 15 is 0 Å². The fraction of sp³-hybridized carbons (Fsp3) is 0.597. The van der Waals surface area contributed by atoms with Gasteiger partial charge in [-0.2, -0.15) is 0 Å². The Morgan fingerprint density at radius 1 is 0.301 bits per heavy atom. The molecule has 0 amide bonds. The normalized spacial score (nSPS) is 13.2. The predicted octanol–water partition coefficient (Wildman–Crippen LogP) is 20.0. The maximum atomic E-state index is 12.9. The molecule has 6 heteroatoms. The molecule has 410 valence electrons. The van der Waals surface area contributed by atoms with Crippen LogP contribution in [0.25, 0.3) is 0 Å². The highest BCUT2D eigenvalue weighted by Crippen LogP contribution is 2.14. The third-order valence-electron chi connectivity index (χ3n) is 11.8. The lowest BCUT2D eigenvalue weighted by Crippen LogP contribution is -2.30. The van der Waals surface area contributed by atoms with Crippen molar-refractivity contribution < 1.29 is 28.6 Å². The van der Waals surface area contributed by atoms with Gasteiger partial charge in [0.05, 0.1) is 6.42 Å². The van der Waals surface area contributed by atoms with Gasteiger partial charge in [-0.25, -0.2) is 0 Å². The minimum atomic E-state index is -0.836. The number of unbranched alkanes of at least 4 members (excludes halogenated alkanes) is 17. The third-order valence-corrected chi connectivity index (χ3v) is 11.8. The van der Waals surface area contributed by atoms with Gasteiger partial charge in [-0.05, 0) is 122 Å². The standard InChI is InChI=1S/C67H106O6/c1-4-7-10-13-16-19-22-25-28-30-32-33-35-36-39-42-45-48-51-54-57-60-66(69)72-63-64(62-71-65(68)59-56-53-50-47-44-41-38-27-24-21-18-15-12-9-6-3)73-67(70)61-58-55-52-49-46-43-40-37-34-31-29-26-23-20-17-14-11-8-5-2/h7,9-10,12,16-21,25-29,32-34,37-38,44,47,53,56,64H,4-6,8,11,13-15,22-24,30-31,35-36,39-43,45-46,48-52,54-55,57-63H2,1-3H3/b10-7-,12-9-,19-16-,20-17-,21-18-,28-25-,29-26-,33-32-,37-34-,38-27-,47-44-,56-53-. The van der Waals surface area contributed by atoms with Crippen LogP contribution < -0.4 is 0 Å². The molecule has 1 unspecified atom stereocenters. The average molecular weight is 1010 g/mol. The number of esters is 3. The molecule has 0 aliphatic heterocycles. The van der Waals surface area contributed by atoms with Crippen molar-refractivity contribution in [3.8, 4) is 0 Å². The Morgan fingerprint density at radius 2 is 0.589 bits per heavy atom. The van der Waals surface area contributed by atoms with Gasteiger partial charge in [0.1, 0.15) is 13.2 Å². The Morgan fingerprint density at radius 3 is 0.959 bits per heavy atom. The van der Waals surface area contributed by atoms with Crippen LogP contribution in [0.15, 0.2) is 146 Å². The molecule has 0 rings (SSSR count). The summed E-state index contributed by atoms with van der Waals surface area (Å²) in [4.78, 5) is 38.2. The lowest BCUT2D eigenvalue weighted by atomic mass is 10.1. The van der Waals surface area contributed by atoms with Crippen LogP contribution in [0.4, 0.5) is 0 Å². The number of carbonyl (C=O) groups is 3. The van der Waals surface area contributed by atoms with Crippen molar-refractivity contribution in [2.75, 3.05) is 13.2 Å². The van der Waals surface area contributed by atoms with Crippen molar-refractivity contribution in [3.63, 3.8) is 0 Å². The number of rotatable bonds is 51. The van der Waals surface area contributed by atoms with E-state index in [9.17, 15) is 14.4 Å². The first kappa shape index (κ1) is 68.3. The molecule has 0 aliphatic rings. The van der Waals surface area contributed by atoms with E-state index in [2.05, 4.69) is 154 Å². The van der Waals surface area contributed by atoms with Crippen LogP contribution in [0, 0.1) is 0 Å². The number of hydrogen-bond donors (Lipinski definition) is 0. The second kappa shape index (κ2) is 59.8. The van der Waals surface area contributed by atoms with Crippen LogP contribution >= 0.6 is 0 Å². The van der Waals surface area contributed by atoms with E-state index in [-0.39, 0.29) is 38.0 Å². The Bertz CT molecular complexity index is 1630. The summed E-state index contributed by atoms with van der Waals surface area (Å²) in [5.41, 5.74) is 0. The summed E-state index contributed by atoms with van der Waals surface area (Å²) < 4.78 is 16.8. The minimum absolute atomic E-state index is 0.116. The molecular formula is C67H106O6. The Kier molecular flexibility index (Phi) is 56.0. The zero-order chi connectivity index (χ0) is 52.9. The van der Waals surface area contributed by atoms with Gasteiger partial charge in [0, 0.05) is 12.8 Å². The topological polar surface area (TPSA) is 78.9 Å². The van der Waals surface area contributed by atoms with Gasteiger partial charge >= 0.3 is 17.9 Å². The smallest absolute Gasteiger partial charge is 0.309 e. The largest absolute Gasteiger partial charge is 0.462 e. The van der Waals surface area contributed by atoms with Crippen molar-refractivity contribution in [3.05, 3.63) is 146 Å². The Balaban J connectivity index is 4.53. The summed E-state index contributed by atoms with van der Waals surface area (Å²) in [5, 5.41) is 0. The molecule has 0 bridgehead atoms. The van der Waals surface area contributed by atoms with Crippen molar-refractivity contribution in [2.45, 2.75) is 245 Å². The molecular weight excluding hydrogens is 901 g/mol. The SMILES string of the molecule is CC/C=C\C/C=C\C/C=C\C/C=C\C/C=C\CC(=O)OCC(COC(=O)CCCCCCCCCC/C=C\C/C=C\C/C=C\C/C=C\CC)OC(=O)CCCCCCCC/C=C\C/C=C\C/C=C\CCCCC. The lowest BCUT2D eigenvalue weighted by Gasteiger charge is -2.18. The highest BCUT2D eigenvalue weighted by Gasteiger charge is 2.19. The summed E-state index contributed by atoms with van der Waals surface area (Å²) in [5.74, 6) is -1.08. The molecule has 0 aromatic carbocycles. The van der Waals surface area contributed by atoms with E-state index in [0.717, 1.165) is 128 Å². The van der Waals surface area contributed by atoms with Gasteiger partial charge in [0.2, 0.25) is 0 Å². The quantitative estimate of drug-likeness (QED) is 0.0261. The highest BCUT2D eigenvalue weighted by atomic mass is 16.6. The zero-order valence-corrected chi connectivity index (χ0v) is 46.8. The lowest BCUT2D eigenvalue weighted by molar-refractivity contribution is -0.166. The van der Waals surface area contributed by atoms with Crippen LogP contribution in [0.3, 0.4) is 0 Å². The van der Waals surface area contributed by atoms with Gasteiger partial charge in [-0.3, -0.25) is 14.4 Å². The second-order valence-electron chi connectivity index (χ2n) is 18.8. The third kappa shape index (κ3) is 58.1. The maximum Gasteiger partial charge on any atom is 0.309 e. The van der Waals surface area contributed by atoms with Crippen molar-refractivity contribution >= 4 is 17.9 Å². The number of hydrogen-bond acceptors (Lipinski definition) is 6. The van der Waals surface area contributed by atoms with Gasteiger partial charge in [-0.1, -0.05) is 244 Å². The first-order valence-electron chi connectivity index (χ1n) is 29.3. The molecule has 1 atom stereocenters. The molecule has 0 N–H and O–H groups in total. The average Bonchev–Trinajstić information content (AvgIpc) is 3.39. The van der Waals surface area contributed by atoms with Gasteiger partial charge in [-0.15, -0.1) is 0 Å². The van der Waals surface area contributed by atoms with E-state index in [0.29, 0.717) is 6.42 Å². The molecule has 0 radical (unpaired) electrons. The molecule has 0 aliphatic carbocycles. The van der Waals surface area contributed by atoms with Gasteiger partial charge in [0.15, 0.2) is 6.10 Å². The van der Waals surface area contributed by atoms with Crippen LogP contribution in [0.2, 0.25) is 0 Å². The molecule has 0 aromatic rings. The summed E-state index contributed by atoms with van der Waals surface area (Å²) in [7, 11) is 0. The molecule has 73 heavy (non-hydrogen) atoms. The van der Waals surface area contributed by atoms with Crippen LogP contribution in [-0.2, 0) is 28.6 Å². The van der Waals surface area contributed by atoms with Crippen LogP contribution in [0.5, 0.6) is 0 Å². The molecule has 0 spiro atoms. The van der Waals surface area contributed by atoms with E-state index in [1.54, 1.807) is 6.08 Å². The Labute approximate surface area is 448 Å². The second-order valence-corrected chi connectivity index (χ2v) is 18.8. The summed E-state index contributed by atoms with van der Waals surface area (Å²) in [6, 6.07) is 0. The summed E-state index contributed by atoms with van der Waals surface area (Å²) in [6.45, 7) is 6.27. The number of carbonyl (C=O) groups excluding carboxylic acids is 3. The van der Waals surface area contributed by atoms with Crippen molar-refractivity contribution in [1.29, 1.82) is 0 Å². The number of allylic oxidation sites excluding steroid dienone is 23. The van der Waals surface area contributed by atoms with Gasteiger partial charge in [0.25, 0.3) is 0 Å². The van der Waals surface area contributed by atoms with Crippen molar-refractivity contribution in [2.24, 2.45) is 0 Å². The van der Waals surface area contributed by atoms with E-state index < -0.39 is 12.1 Å². The summed E-state index contributed by atoms with van der Waals surface area (Å²) >= 11 is 0. The molecule has 0 heterocycles. The van der Waals surface area contributed by atoms with Crippen LogP contribution in [-0.4, -0.2) is 37.2 Å². The molecule has 0 fully saturated rings. The van der Waals surface area contributed by atoms with E-state index in [1.165, 1.54) is 70.6 Å². The zero-order valence-electron chi connectivity index (χ0n) is 46.8. The highest BCUT2D eigenvalue weighted by molar-refractivity contribution is 5.72. The minimum Gasteiger partial charge on any atom is -0.462 e. The van der Waals surface area contributed by atoms with E-state index in [1.807, 2.05) is 6.08 Å². The predicted molar refractivity (Wildman–Crippen MR) is 315 cm³/mol. The fourth-order valence-corrected chi connectivity index (χ4v) is 7.51. The number of ether oxygens (including phenoxy) is 3. The first-order valence-corrected chi connectivity index (χ1v) is 29.3. The maximum absolute atomic E-state index is 12.9. The summed E-state index contributed by atoms with van der Waals surface area (Å²) in [6.07, 6.45) is 85.7. The van der Waals surface area contributed by atoms with Gasteiger partial charge < -0.3 is 14.2 Å². The fourth-order valence-electron chi connectivity index (χ4n) is 7.51.